The van der Waals surface area contributed by atoms with Crippen LogP contribution in [0.4, 0.5) is 5.69 Å². The zero-order chi connectivity index (χ0) is 15.8. The van der Waals surface area contributed by atoms with E-state index in [2.05, 4.69) is 5.32 Å². The summed E-state index contributed by atoms with van der Waals surface area (Å²) in [6.07, 6.45) is 1.74. The predicted octanol–water partition coefficient (Wildman–Crippen LogP) is 2.84. The molecule has 0 atom stereocenters. The van der Waals surface area contributed by atoms with E-state index in [-0.39, 0.29) is 0 Å². The lowest BCUT2D eigenvalue weighted by Crippen LogP contribution is -2.10. The third kappa shape index (κ3) is 4.79. The van der Waals surface area contributed by atoms with Crippen LogP contribution in [-0.4, -0.2) is 17.0 Å². The Balaban J connectivity index is 2.03. The number of nitrogens with one attached hydrogen (secondary N) is 1. The van der Waals surface area contributed by atoms with Gasteiger partial charge < -0.3 is 15.2 Å². The molecule has 0 saturated heterocycles. The van der Waals surface area contributed by atoms with Crippen molar-refractivity contribution < 1.29 is 19.4 Å². The summed E-state index contributed by atoms with van der Waals surface area (Å²) in [6.45, 7) is 0.374. The Morgan fingerprint density at radius 3 is 2.41 bits per heavy atom. The van der Waals surface area contributed by atoms with E-state index in [4.69, 9.17) is 9.84 Å². The molecule has 0 saturated carbocycles. The lowest BCUT2D eigenvalue weighted by Gasteiger charge is -2.11. The van der Waals surface area contributed by atoms with Gasteiger partial charge in [-0.25, -0.2) is 4.79 Å². The van der Waals surface area contributed by atoms with E-state index in [0.29, 0.717) is 18.0 Å². The number of carboxylic acids is 1. The highest BCUT2D eigenvalue weighted by Gasteiger charge is 2.06. The predicted molar refractivity (Wildman–Crippen MR) is 82.6 cm³/mol. The number of carboxylic acid groups (broad SMARTS) is 1. The maximum absolute atomic E-state index is 11.6. The Bertz CT molecular complexity index is 680. The van der Waals surface area contributed by atoms with Crippen molar-refractivity contribution >= 4 is 17.6 Å². The first kappa shape index (κ1) is 15.3. The molecule has 0 aliphatic rings. The number of carbonyl (C=O) groups excluding carboxylic acids is 1. The number of benzene rings is 2. The van der Waals surface area contributed by atoms with Gasteiger partial charge in [0.25, 0.3) is 0 Å². The summed E-state index contributed by atoms with van der Waals surface area (Å²) in [5.41, 5.74) is 1.49. The van der Waals surface area contributed by atoms with E-state index in [1.54, 1.807) is 24.3 Å². The third-order valence-electron chi connectivity index (χ3n) is 2.76. The molecule has 0 aromatic heterocycles. The number of amides is 1. The molecular weight excluding hydrogens is 282 g/mol. The van der Waals surface area contributed by atoms with Gasteiger partial charge in [0.1, 0.15) is 12.4 Å². The molecule has 0 aliphatic carbocycles. The van der Waals surface area contributed by atoms with E-state index in [9.17, 15) is 9.59 Å². The summed E-state index contributed by atoms with van der Waals surface area (Å²) in [5.74, 6) is -1.19. The number of rotatable bonds is 6. The standard InChI is InChI=1S/C17H15NO4/c19-16(10-11-17(20)21)18-14-8-4-5-9-15(14)22-12-13-6-2-1-3-7-13/h1-11H,12H2,(H,18,19)(H,20,21)/b11-10+. The summed E-state index contributed by atoms with van der Waals surface area (Å²) in [6, 6.07) is 16.6. The molecule has 112 valence electrons. The van der Waals surface area contributed by atoms with Gasteiger partial charge >= 0.3 is 5.97 Å². The molecular formula is C17H15NO4. The summed E-state index contributed by atoms with van der Waals surface area (Å²) in [7, 11) is 0. The normalized spacial score (nSPS) is 10.4. The fourth-order valence-electron chi connectivity index (χ4n) is 1.75. The minimum Gasteiger partial charge on any atom is -0.487 e. The van der Waals surface area contributed by atoms with Gasteiger partial charge in [0, 0.05) is 12.2 Å². The second kappa shape index (κ2) is 7.64. The van der Waals surface area contributed by atoms with Crippen LogP contribution in [0, 0.1) is 0 Å². The van der Waals surface area contributed by atoms with Crippen molar-refractivity contribution in [1.82, 2.24) is 0 Å². The highest BCUT2D eigenvalue weighted by molar-refractivity contribution is 6.03. The van der Waals surface area contributed by atoms with Gasteiger partial charge in [0.05, 0.1) is 5.69 Å². The average Bonchev–Trinajstić information content (AvgIpc) is 2.53. The number of carbonyl (C=O) groups is 2. The Labute approximate surface area is 127 Å². The third-order valence-corrected chi connectivity index (χ3v) is 2.76. The molecule has 0 unspecified atom stereocenters. The zero-order valence-electron chi connectivity index (χ0n) is 11.7. The number of hydrogen-bond acceptors (Lipinski definition) is 3. The Morgan fingerprint density at radius 2 is 1.68 bits per heavy atom. The Morgan fingerprint density at radius 1 is 1.00 bits per heavy atom. The van der Waals surface area contributed by atoms with Gasteiger partial charge in [-0.1, -0.05) is 42.5 Å². The first-order valence-electron chi connectivity index (χ1n) is 6.63. The van der Waals surface area contributed by atoms with E-state index in [0.717, 1.165) is 17.7 Å². The molecule has 5 heteroatoms. The molecule has 22 heavy (non-hydrogen) atoms. The minimum absolute atomic E-state index is 0.374. The van der Waals surface area contributed by atoms with Gasteiger partial charge in [-0.3, -0.25) is 4.79 Å². The Hall–Kier alpha value is -3.08. The molecule has 0 radical (unpaired) electrons. The Kier molecular flexibility index (Phi) is 5.31. The fourth-order valence-corrected chi connectivity index (χ4v) is 1.75. The largest absolute Gasteiger partial charge is 0.487 e. The number of para-hydroxylation sites is 2. The van der Waals surface area contributed by atoms with Crippen molar-refractivity contribution in [3.05, 3.63) is 72.3 Å². The van der Waals surface area contributed by atoms with Crippen molar-refractivity contribution in [3.8, 4) is 5.75 Å². The summed E-state index contributed by atoms with van der Waals surface area (Å²) >= 11 is 0. The molecule has 0 heterocycles. The molecule has 0 bridgehead atoms. The molecule has 1 amide bonds. The average molecular weight is 297 g/mol. The maximum atomic E-state index is 11.6. The quantitative estimate of drug-likeness (QED) is 0.804. The van der Waals surface area contributed by atoms with Crippen LogP contribution in [0.2, 0.25) is 0 Å². The fraction of sp³-hybridized carbons (Fsp3) is 0.0588. The second-order valence-electron chi connectivity index (χ2n) is 4.43. The SMILES string of the molecule is O=C(O)/C=C/C(=O)Nc1ccccc1OCc1ccccc1. The van der Waals surface area contributed by atoms with Gasteiger partial charge in [0.2, 0.25) is 5.91 Å². The van der Waals surface area contributed by atoms with Crippen LogP contribution in [0.5, 0.6) is 5.75 Å². The van der Waals surface area contributed by atoms with E-state index < -0.39 is 11.9 Å². The smallest absolute Gasteiger partial charge is 0.328 e. The summed E-state index contributed by atoms with van der Waals surface area (Å²) in [4.78, 5) is 22.0. The van der Waals surface area contributed by atoms with Gasteiger partial charge in [-0.15, -0.1) is 0 Å². The zero-order valence-corrected chi connectivity index (χ0v) is 11.7. The van der Waals surface area contributed by atoms with Gasteiger partial charge in [0.15, 0.2) is 0 Å². The van der Waals surface area contributed by atoms with E-state index in [1.807, 2.05) is 30.3 Å². The molecule has 2 rings (SSSR count). The van der Waals surface area contributed by atoms with Crippen LogP contribution in [0.3, 0.4) is 0 Å². The number of anilines is 1. The van der Waals surface area contributed by atoms with E-state index in [1.165, 1.54) is 0 Å². The molecule has 0 fully saturated rings. The first-order valence-corrected chi connectivity index (χ1v) is 6.63. The molecule has 2 aromatic carbocycles. The summed E-state index contributed by atoms with van der Waals surface area (Å²) < 4.78 is 5.69. The van der Waals surface area contributed by atoms with Crippen molar-refractivity contribution in [2.24, 2.45) is 0 Å². The van der Waals surface area contributed by atoms with Crippen LogP contribution in [0.1, 0.15) is 5.56 Å². The van der Waals surface area contributed by atoms with Crippen LogP contribution in [0.25, 0.3) is 0 Å². The molecule has 2 N–H and O–H groups in total. The van der Waals surface area contributed by atoms with Crippen LogP contribution >= 0.6 is 0 Å². The topological polar surface area (TPSA) is 75.6 Å². The lowest BCUT2D eigenvalue weighted by atomic mass is 10.2. The lowest BCUT2D eigenvalue weighted by molar-refractivity contribution is -0.131. The number of aliphatic carboxylic acids is 1. The molecule has 2 aromatic rings. The maximum Gasteiger partial charge on any atom is 0.328 e. The number of ether oxygens (including phenoxy) is 1. The molecule has 0 aliphatic heterocycles. The highest BCUT2D eigenvalue weighted by atomic mass is 16.5. The van der Waals surface area contributed by atoms with Crippen molar-refractivity contribution in [1.29, 1.82) is 0 Å². The van der Waals surface area contributed by atoms with Crippen LogP contribution in [-0.2, 0) is 16.2 Å². The number of hydrogen-bond donors (Lipinski definition) is 2. The van der Waals surface area contributed by atoms with Crippen LogP contribution < -0.4 is 10.1 Å². The van der Waals surface area contributed by atoms with Crippen molar-refractivity contribution in [3.63, 3.8) is 0 Å². The monoisotopic (exact) mass is 297 g/mol. The second-order valence-corrected chi connectivity index (χ2v) is 4.43. The highest BCUT2D eigenvalue weighted by Crippen LogP contribution is 2.24. The van der Waals surface area contributed by atoms with Crippen LogP contribution in [0.15, 0.2) is 66.7 Å². The van der Waals surface area contributed by atoms with Gasteiger partial charge in [-0.2, -0.15) is 0 Å². The van der Waals surface area contributed by atoms with Crippen molar-refractivity contribution in [2.75, 3.05) is 5.32 Å². The minimum atomic E-state index is -1.18. The van der Waals surface area contributed by atoms with Gasteiger partial charge in [-0.05, 0) is 17.7 Å². The van der Waals surface area contributed by atoms with Crippen molar-refractivity contribution in [2.45, 2.75) is 6.61 Å². The first-order chi connectivity index (χ1) is 10.6. The van der Waals surface area contributed by atoms with E-state index >= 15 is 0 Å². The molecule has 5 nitrogen and oxygen atoms in total. The summed E-state index contributed by atoms with van der Waals surface area (Å²) in [5, 5.41) is 11.1. The molecule has 0 spiro atoms.